The summed E-state index contributed by atoms with van der Waals surface area (Å²) in [6.45, 7) is 13.1. The van der Waals surface area contributed by atoms with Crippen molar-refractivity contribution in [3.63, 3.8) is 0 Å². The molecule has 0 aliphatic carbocycles. The number of rotatable bonds is 2. The lowest BCUT2D eigenvalue weighted by atomic mass is 9.81. The van der Waals surface area contributed by atoms with E-state index >= 15 is 0 Å². The van der Waals surface area contributed by atoms with Gasteiger partial charge < -0.3 is 0 Å². The van der Waals surface area contributed by atoms with Gasteiger partial charge in [0.25, 0.3) is 0 Å². The first kappa shape index (κ1) is 11.0. The SMILES string of the molecule is CCCN1C(C)C(C)CC(C)C1C. The Balaban J connectivity index is 2.64. The predicted octanol–water partition coefficient (Wildman–Crippen LogP) is 3.15. The van der Waals surface area contributed by atoms with Gasteiger partial charge in [0.15, 0.2) is 0 Å². The van der Waals surface area contributed by atoms with Crippen LogP contribution in [0.3, 0.4) is 0 Å². The van der Waals surface area contributed by atoms with Crippen LogP contribution in [-0.4, -0.2) is 23.5 Å². The van der Waals surface area contributed by atoms with Crippen molar-refractivity contribution in [2.24, 2.45) is 11.8 Å². The molecule has 1 fully saturated rings. The molecule has 4 unspecified atom stereocenters. The summed E-state index contributed by atoms with van der Waals surface area (Å²) in [7, 11) is 0. The van der Waals surface area contributed by atoms with Crippen molar-refractivity contribution in [1.29, 1.82) is 0 Å². The van der Waals surface area contributed by atoms with Crippen LogP contribution in [0.1, 0.15) is 47.5 Å². The van der Waals surface area contributed by atoms with Gasteiger partial charge in [-0.2, -0.15) is 0 Å². The molecular formula is C12H25N. The van der Waals surface area contributed by atoms with Gasteiger partial charge in [0.1, 0.15) is 0 Å². The maximum atomic E-state index is 2.69. The molecule has 0 amide bonds. The standard InChI is InChI=1S/C12H25N/c1-6-7-13-11(4)9(2)8-10(3)12(13)5/h9-12H,6-8H2,1-5H3. The number of likely N-dealkylation sites (tertiary alicyclic amines) is 1. The molecule has 0 N–H and O–H groups in total. The Morgan fingerprint density at radius 2 is 1.46 bits per heavy atom. The fourth-order valence-electron chi connectivity index (χ4n) is 2.67. The Morgan fingerprint density at radius 1 is 1.00 bits per heavy atom. The zero-order chi connectivity index (χ0) is 10.0. The van der Waals surface area contributed by atoms with Crippen LogP contribution in [0.25, 0.3) is 0 Å². The molecule has 0 aromatic rings. The van der Waals surface area contributed by atoms with Crippen LogP contribution in [0, 0.1) is 11.8 Å². The predicted molar refractivity (Wildman–Crippen MR) is 58.9 cm³/mol. The minimum Gasteiger partial charge on any atom is -0.297 e. The lowest BCUT2D eigenvalue weighted by Gasteiger charge is -2.46. The van der Waals surface area contributed by atoms with Crippen molar-refractivity contribution in [2.45, 2.75) is 59.5 Å². The van der Waals surface area contributed by atoms with E-state index in [-0.39, 0.29) is 0 Å². The molecular weight excluding hydrogens is 158 g/mol. The Morgan fingerprint density at radius 3 is 1.85 bits per heavy atom. The zero-order valence-corrected chi connectivity index (χ0v) is 9.88. The Bertz CT molecular complexity index is 141. The van der Waals surface area contributed by atoms with E-state index in [9.17, 15) is 0 Å². The van der Waals surface area contributed by atoms with E-state index in [4.69, 9.17) is 0 Å². The fourth-order valence-corrected chi connectivity index (χ4v) is 2.67. The van der Waals surface area contributed by atoms with Gasteiger partial charge in [0.2, 0.25) is 0 Å². The summed E-state index contributed by atoms with van der Waals surface area (Å²) < 4.78 is 0. The highest BCUT2D eigenvalue weighted by atomic mass is 15.2. The largest absolute Gasteiger partial charge is 0.297 e. The second kappa shape index (κ2) is 4.45. The minimum absolute atomic E-state index is 0.783. The smallest absolute Gasteiger partial charge is 0.00955 e. The molecule has 0 aromatic heterocycles. The lowest BCUT2D eigenvalue weighted by Crippen LogP contribution is -2.51. The summed E-state index contributed by atoms with van der Waals surface area (Å²) in [5.41, 5.74) is 0. The third-order valence-electron chi connectivity index (χ3n) is 3.92. The molecule has 0 saturated carbocycles. The van der Waals surface area contributed by atoms with Crippen LogP contribution in [0.15, 0.2) is 0 Å². The van der Waals surface area contributed by atoms with Crippen molar-refractivity contribution in [3.05, 3.63) is 0 Å². The lowest BCUT2D eigenvalue weighted by molar-refractivity contribution is 0.0281. The van der Waals surface area contributed by atoms with Crippen LogP contribution in [0.2, 0.25) is 0 Å². The number of hydrogen-bond donors (Lipinski definition) is 0. The molecule has 1 nitrogen and oxygen atoms in total. The summed E-state index contributed by atoms with van der Waals surface area (Å²) in [5, 5.41) is 0. The third kappa shape index (κ3) is 2.25. The summed E-state index contributed by atoms with van der Waals surface area (Å²) in [5.74, 6) is 1.75. The maximum absolute atomic E-state index is 2.69. The highest BCUT2D eigenvalue weighted by Gasteiger charge is 2.33. The first-order valence-corrected chi connectivity index (χ1v) is 5.83. The normalized spacial score (nSPS) is 42.2. The number of piperidine rings is 1. The van der Waals surface area contributed by atoms with Gasteiger partial charge in [-0.05, 0) is 45.1 Å². The summed E-state index contributed by atoms with van der Waals surface area (Å²) in [6.07, 6.45) is 2.69. The Hall–Kier alpha value is -0.0400. The van der Waals surface area contributed by atoms with Gasteiger partial charge in [-0.15, -0.1) is 0 Å². The first-order chi connectivity index (χ1) is 6.07. The van der Waals surface area contributed by atoms with Crippen molar-refractivity contribution in [3.8, 4) is 0 Å². The molecule has 13 heavy (non-hydrogen) atoms. The maximum Gasteiger partial charge on any atom is 0.00955 e. The Labute approximate surface area is 83.5 Å². The van der Waals surface area contributed by atoms with Crippen molar-refractivity contribution in [1.82, 2.24) is 4.90 Å². The topological polar surface area (TPSA) is 3.24 Å². The van der Waals surface area contributed by atoms with Crippen LogP contribution in [-0.2, 0) is 0 Å². The molecule has 1 saturated heterocycles. The van der Waals surface area contributed by atoms with E-state index in [1.54, 1.807) is 0 Å². The molecule has 78 valence electrons. The first-order valence-electron chi connectivity index (χ1n) is 5.83. The van der Waals surface area contributed by atoms with E-state index in [1.807, 2.05) is 0 Å². The fraction of sp³-hybridized carbons (Fsp3) is 1.00. The summed E-state index contributed by atoms with van der Waals surface area (Å²) in [6, 6.07) is 1.57. The third-order valence-corrected chi connectivity index (χ3v) is 3.92. The second-order valence-corrected chi connectivity index (χ2v) is 4.91. The molecule has 4 atom stereocenters. The molecule has 1 rings (SSSR count). The highest BCUT2D eigenvalue weighted by molar-refractivity contribution is 4.87. The van der Waals surface area contributed by atoms with E-state index in [1.165, 1.54) is 19.4 Å². The zero-order valence-electron chi connectivity index (χ0n) is 9.88. The number of nitrogens with zero attached hydrogens (tertiary/aromatic N) is 1. The molecule has 0 radical (unpaired) electrons. The van der Waals surface area contributed by atoms with E-state index < -0.39 is 0 Å². The summed E-state index contributed by atoms with van der Waals surface area (Å²) in [4.78, 5) is 2.69. The molecule has 0 bridgehead atoms. The highest BCUT2D eigenvalue weighted by Crippen LogP contribution is 2.31. The summed E-state index contributed by atoms with van der Waals surface area (Å²) >= 11 is 0. The molecule has 0 aromatic carbocycles. The van der Waals surface area contributed by atoms with Gasteiger partial charge in [0, 0.05) is 12.1 Å². The monoisotopic (exact) mass is 183 g/mol. The van der Waals surface area contributed by atoms with Gasteiger partial charge in [-0.25, -0.2) is 0 Å². The van der Waals surface area contributed by atoms with E-state index in [0.29, 0.717) is 0 Å². The van der Waals surface area contributed by atoms with Gasteiger partial charge >= 0.3 is 0 Å². The van der Waals surface area contributed by atoms with Gasteiger partial charge in [-0.1, -0.05) is 20.8 Å². The minimum atomic E-state index is 0.783. The van der Waals surface area contributed by atoms with Crippen LogP contribution in [0.5, 0.6) is 0 Å². The molecule has 0 spiro atoms. The second-order valence-electron chi connectivity index (χ2n) is 4.91. The van der Waals surface area contributed by atoms with E-state index in [0.717, 1.165) is 23.9 Å². The van der Waals surface area contributed by atoms with Crippen molar-refractivity contribution < 1.29 is 0 Å². The number of hydrogen-bond acceptors (Lipinski definition) is 1. The van der Waals surface area contributed by atoms with Crippen molar-refractivity contribution >= 4 is 0 Å². The van der Waals surface area contributed by atoms with E-state index in [2.05, 4.69) is 39.5 Å². The molecule has 1 heterocycles. The molecule has 1 heteroatoms. The average Bonchev–Trinajstić information content (AvgIpc) is 2.09. The average molecular weight is 183 g/mol. The van der Waals surface area contributed by atoms with Crippen molar-refractivity contribution in [2.75, 3.05) is 6.54 Å². The van der Waals surface area contributed by atoms with Crippen LogP contribution in [0.4, 0.5) is 0 Å². The van der Waals surface area contributed by atoms with Crippen LogP contribution < -0.4 is 0 Å². The van der Waals surface area contributed by atoms with Gasteiger partial charge in [-0.3, -0.25) is 4.90 Å². The van der Waals surface area contributed by atoms with Gasteiger partial charge in [0.05, 0.1) is 0 Å². The van der Waals surface area contributed by atoms with Crippen LogP contribution >= 0.6 is 0 Å². The Kier molecular flexibility index (Phi) is 3.78. The quantitative estimate of drug-likeness (QED) is 0.635. The molecule has 1 aliphatic heterocycles. The molecule has 1 aliphatic rings.